The second-order valence-electron chi connectivity index (χ2n) is 6.04. The minimum atomic E-state index is -0.353. The van der Waals surface area contributed by atoms with E-state index in [1.807, 2.05) is 25.6 Å². The van der Waals surface area contributed by atoms with Crippen molar-refractivity contribution < 1.29 is 0 Å². The van der Waals surface area contributed by atoms with Gasteiger partial charge in [0.25, 0.3) is 0 Å². The van der Waals surface area contributed by atoms with Crippen LogP contribution in [0.2, 0.25) is 0 Å². The lowest BCUT2D eigenvalue weighted by Gasteiger charge is -2.40. The fourth-order valence-corrected chi connectivity index (χ4v) is 2.66. The van der Waals surface area contributed by atoms with E-state index in [4.69, 9.17) is 0 Å². The SMILES string of the molecule is CCc1cc(CN2CCN(C(C)(C)C#N)CC2)n(C)n1. The second kappa shape index (κ2) is 5.94. The summed E-state index contributed by atoms with van der Waals surface area (Å²) in [5.41, 5.74) is 2.08. The number of nitrogens with zero attached hydrogens (tertiary/aromatic N) is 5. The first kappa shape index (κ1) is 15.0. The van der Waals surface area contributed by atoms with E-state index >= 15 is 0 Å². The van der Waals surface area contributed by atoms with Crippen molar-refractivity contribution in [1.29, 1.82) is 5.26 Å². The van der Waals surface area contributed by atoms with Crippen molar-refractivity contribution in [2.45, 2.75) is 39.3 Å². The molecule has 1 fully saturated rings. The molecule has 5 nitrogen and oxygen atoms in total. The monoisotopic (exact) mass is 275 g/mol. The molecule has 1 saturated heterocycles. The summed E-state index contributed by atoms with van der Waals surface area (Å²) in [6, 6.07) is 4.59. The normalized spacial score (nSPS) is 18.1. The highest BCUT2D eigenvalue weighted by molar-refractivity contribution is 5.10. The highest BCUT2D eigenvalue weighted by Gasteiger charge is 2.29. The average Bonchev–Trinajstić information content (AvgIpc) is 2.80. The molecular weight excluding hydrogens is 250 g/mol. The molecule has 5 heteroatoms. The zero-order chi connectivity index (χ0) is 14.8. The lowest BCUT2D eigenvalue weighted by Crippen LogP contribution is -2.53. The van der Waals surface area contributed by atoms with Gasteiger partial charge in [0.1, 0.15) is 5.54 Å². The smallest absolute Gasteiger partial charge is 0.103 e. The van der Waals surface area contributed by atoms with Gasteiger partial charge < -0.3 is 0 Å². The van der Waals surface area contributed by atoms with Gasteiger partial charge >= 0.3 is 0 Å². The molecule has 0 aromatic carbocycles. The van der Waals surface area contributed by atoms with Crippen LogP contribution in [0.4, 0.5) is 0 Å². The van der Waals surface area contributed by atoms with Gasteiger partial charge in [0.15, 0.2) is 0 Å². The predicted octanol–water partition coefficient (Wildman–Crippen LogP) is 1.40. The van der Waals surface area contributed by atoms with Crippen molar-refractivity contribution >= 4 is 0 Å². The predicted molar refractivity (Wildman–Crippen MR) is 79.1 cm³/mol. The van der Waals surface area contributed by atoms with Crippen LogP contribution in [-0.2, 0) is 20.0 Å². The minimum absolute atomic E-state index is 0.353. The van der Waals surface area contributed by atoms with Crippen LogP contribution in [0.5, 0.6) is 0 Å². The molecule has 1 aliphatic rings. The molecule has 1 aromatic heterocycles. The van der Waals surface area contributed by atoms with Gasteiger partial charge in [-0.3, -0.25) is 14.5 Å². The molecule has 2 heterocycles. The second-order valence-corrected chi connectivity index (χ2v) is 6.04. The molecule has 0 spiro atoms. The highest BCUT2D eigenvalue weighted by atomic mass is 15.3. The van der Waals surface area contributed by atoms with Gasteiger partial charge in [-0.05, 0) is 26.3 Å². The van der Waals surface area contributed by atoms with E-state index in [1.54, 1.807) is 0 Å². The van der Waals surface area contributed by atoms with E-state index in [1.165, 1.54) is 5.69 Å². The largest absolute Gasteiger partial charge is 0.295 e. The summed E-state index contributed by atoms with van der Waals surface area (Å²) in [4.78, 5) is 4.71. The van der Waals surface area contributed by atoms with Crippen LogP contribution in [0.15, 0.2) is 6.07 Å². The molecular formula is C15H25N5. The van der Waals surface area contributed by atoms with Crippen LogP contribution >= 0.6 is 0 Å². The van der Waals surface area contributed by atoms with E-state index in [-0.39, 0.29) is 5.54 Å². The van der Waals surface area contributed by atoms with Crippen molar-refractivity contribution in [1.82, 2.24) is 19.6 Å². The van der Waals surface area contributed by atoms with E-state index in [9.17, 15) is 5.26 Å². The van der Waals surface area contributed by atoms with Crippen LogP contribution in [0.25, 0.3) is 0 Å². The molecule has 2 rings (SSSR count). The lowest BCUT2D eigenvalue weighted by atomic mass is 10.0. The Morgan fingerprint density at radius 3 is 2.45 bits per heavy atom. The first-order chi connectivity index (χ1) is 9.46. The maximum Gasteiger partial charge on any atom is 0.103 e. The van der Waals surface area contributed by atoms with Crippen molar-refractivity contribution in [3.63, 3.8) is 0 Å². The Labute approximate surface area is 121 Å². The Hall–Kier alpha value is -1.38. The zero-order valence-electron chi connectivity index (χ0n) is 13.1. The van der Waals surface area contributed by atoms with Crippen molar-refractivity contribution in [3.8, 4) is 6.07 Å². The number of piperazine rings is 1. The van der Waals surface area contributed by atoms with Crippen LogP contribution in [0, 0.1) is 11.3 Å². The van der Waals surface area contributed by atoms with Crippen molar-refractivity contribution in [2.24, 2.45) is 7.05 Å². The fraction of sp³-hybridized carbons (Fsp3) is 0.733. The lowest BCUT2D eigenvalue weighted by molar-refractivity contribution is 0.0751. The molecule has 0 aliphatic carbocycles. The number of rotatable bonds is 4. The van der Waals surface area contributed by atoms with Gasteiger partial charge in [0.2, 0.25) is 0 Å². The minimum Gasteiger partial charge on any atom is -0.295 e. The third-order valence-corrected chi connectivity index (χ3v) is 4.21. The van der Waals surface area contributed by atoms with Crippen LogP contribution < -0.4 is 0 Å². The van der Waals surface area contributed by atoms with Gasteiger partial charge in [0.05, 0.1) is 17.5 Å². The number of hydrogen-bond acceptors (Lipinski definition) is 4. The quantitative estimate of drug-likeness (QED) is 0.833. The number of nitriles is 1. The Kier molecular flexibility index (Phi) is 4.46. The summed E-state index contributed by atoms with van der Waals surface area (Å²) in [7, 11) is 2.02. The summed E-state index contributed by atoms with van der Waals surface area (Å²) in [6.07, 6.45) is 0.984. The highest BCUT2D eigenvalue weighted by Crippen LogP contribution is 2.17. The third-order valence-electron chi connectivity index (χ3n) is 4.21. The van der Waals surface area contributed by atoms with Crippen molar-refractivity contribution in [3.05, 3.63) is 17.5 Å². The topological polar surface area (TPSA) is 48.1 Å². The number of hydrogen-bond donors (Lipinski definition) is 0. The summed E-state index contributed by atoms with van der Waals surface area (Å²) in [6.45, 7) is 11.0. The molecule has 0 bridgehead atoms. The fourth-order valence-electron chi connectivity index (χ4n) is 2.66. The summed E-state index contributed by atoms with van der Waals surface area (Å²) < 4.78 is 1.99. The standard InChI is InChI=1S/C15H25N5/c1-5-13-10-14(18(4)17-13)11-19-6-8-20(9-7-19)15(2,3)12-16/h10H,5-9,11H2,1-4H3. The van der Waals surface area contributed by atoms with E-state index in [0.717, 1.165) is 44.8 Å². The van der Waals surface area contributed by atoms with Crippen molar-refractivity contribution in [2.75, 3.05) is 26.2 Å². The molecule has 1 aliphatic heterocycles. The van der Waals surface area contributed by atoms with Crippen LogP contribution in [-0.4, -0.2) is 51.3 Å². The molecule has 0 N–H and O–H groups in total. The van der Waals surface area contributed by atoms with E-state index < -0.39 is 0 Å². The summed E-state index contributed by atoms with van der Waals surface area (Å²) in [5, 5.41) is 13.7. The van der Waals surface area contributed by atoms with Gasteiger partial charge in [-0.15, -0.1) is 0 Å². The molecule has 110 valence electrons. The van der Waals surface area contributed by atoms with Gasteiger partial charge in [-0.25, -0.2) is 0 Å². The molecule has 0 atom stereocenters. The molecule has 0 radical (unpaired) electrons. The maximum atomic E-state index is 9.20. The first-order valence-corrected chi connectivity index (χ1v) is 7.36. The maximum absolute atomic E-state index is 9.20. The number of aryl methyl sites for hydroxylation is 2. The number of aromatic nitrogens is 2. The summed E-state index contributed by atoms with van der Waals surface area (Å²) >= 11 is 0. The molecule has 0 saturated carbocycles. The van der Waals surface area contributed by atoms with Gasteiger partial charge in [-0.1, -0.05) is 6.92 Å². The molecule has 20 heavy (non-hydrogen) atoms. The third kappa shape index (κ3) is 3.20. The first-order valence-electron chi connectivity index (χ1n) is 7.36. The Bertz CT molecular complexity index is 489. The van der Waals surface area contributed by atoms with Gasteiger partial charge in [0, 0.05) is 39.8 Å². The zero-order valence-corrected chi connectivity index (χ0v) is 13.1. The molecule has 0 unspecified atom stereocenters. The summed E-state index contributed by atoms with van der Waals surface area (Å²) in [5.74, 6) is 0. The van der Waals surface area contributed by atoms with E-state index in [0.29, 0.717) is 0 Å². The van der Waals surface area contributed by atoms with Gasteiger partial charge in [-0.2, -0.15) is 10.4 Å². The Morgan fingerprint density at radius 2 is 1.95 bits per heavy atom. The van der Waals surface area contributed by atoms with Crippen LogP contribution in [0.3, 0.4) is 0 Å². The van der Waals surface area contributed by atoms with Crippen LogP contribution in [0.1, 0.15) is 32.2 Å². The Balaban J connectivity index is 1.92. The average molecular weight is 275 g/mol. The molecule has 1 aromatic rings. The molecule has 0 amide bonds. The Morgan fingerprint density at radius 1 is 1.30 bits per heavy atom. The van der Waals surface area contributed by atoms with E-state index in [2.05, 4.69) is 34.0 Å².